The highest BCUT2D eigenvalue weighted by atomic mass is 35.5. The van der Waals surface area contributed by atoms with Gasteiger partial charge in [-0.25, -0.2) is 0 Å². The van der Waals surface area contributed by atoms with Crippen LogP contribution in [-0.2, 0) is 6.42 Å². The normalized spacial score (nSPS) is 12.2. The summed E-state index contributed by atoms with van der Waals surface area (Å²) in [7, 11) is 1.66. The van der Waals surface area contributed by atoms with E-state index in [1.54, 1.807) is 7.11 Å². The standard InChI is InChI=1S/C13H19ClO2/c1-4-11-5-6-12(13(7-11)15-3)16-9-10(2)8-14/h5-7,10H,4,8-9H2,1-3H3. The Hall–Kier alpha value is -0.890. The molecule has 0 aliphatic carbocycles. The third-order valence-corrected chi connectivity index (χ3v) is 2.95. The van der Waals surface area contributed by atoms with E-state index < -0.39 is 0 Å². The molecule has 0 fully saturated rings. The van der Waals surface area contributed by atoms with Gasteiger partial charge < -0.3 is 9.47 Å². The molecular weight excluding hydrogens is 224 g/mol. The summed E-state index contributed by atoms with van der Waals surface area (Å²) in [6.07, 6.45) is 0.995. The third kappa shape index (κ3) is 3.60. The van der Waals surface area contributed by atoms with Crippen LogP contribution in [0.25, 0.3) is 0 Å². The number of halogens is 1. The molecule has 1 aromatic carbocycles. The van der Waals surface area contributed by atoms with Gasteiger partial charge in [-0.15, -0.1) is 11.6 Å². The van der Waals surface area contributed by atoms with Crippen molar-refractivity contribution in [2.45, 2.75) is 20.3 Å². The molecule has 0 saturated carbocycles. The summed E-state index contributed by atoms with van der Waals surface area (Å²) in [6.45, 7) is 4.79. The van der Waals surface area contributed by atoms with E-state index in [4.69, 9.17) is 21.1 Å². The molecular formula is C13H19ClO2. The van der Waals surface area contributed by atoms with Crippen LogP contribution in [0.1, 0.15) is 19.4 Å². The summed E-state index contributed by atoms with van der Waals surface area (Å²) in [4.78, 5) is 0. The van der Waals surface area contributed by atoms with Crippen LogP contribution in [-0.4, -0.2) is 19.6 Å². The molecule has 0 amide bonds. The largest absolute Gasteiger partial charge is 0.493 e. The summed E-state index contributed by atoms with van der Waals surface area (Å²) >= 11 is 5.73. The highest BCUT2D eigenvalue weighted by Crippen LogP contribution is 2.28. The van der Waals surface area contributed by atoms with E-state index >= 15 is 0 Å². The summed E-state index contributed by atoms with van der Waals surface area (Å²) in [5.74, 6) is 2.53. The molecule has 0 heterocycles. The first-order chi connectivity index (χ1) is 7.71. The van der Waals surface area contributed by atoms with Gasteiger partial charge in [0.2, 0.25) is 0 Å². The minimum Gasteiger partial charge on any atom is -0.493 e. The first-order valence-corrected chi connectivity index (χ1v) is 6.10. The number of aryl methyl sites for hydroxylation is 1. The lowest BCUT2D eigenvalue weighted by Crippen LogP contribution is -2.10. The Balaban J connectivity index is 2.71. The van der Waals surface area contributed by atoms with Crippen molar-refractivity contribution in [2.24, 2.45) is 5.92 Å². The molecule has 0 aliphatic rings. The minimum absolute atomic E-state index is 0.345. The maximum atomic E-state index is 5.73. The van der Waals surface area contributed by atoms with Crippen molar-refractivity contribution in [2.75, 3.05) is 19.6 Å². The Morgan fingerprint density at radius 3 is 2.62 bits per heavy atom. The molecule has 0 bridgehead atoms. The average molecular weight is 243 g/mol. The molecule has 2 nitrogen and oxygen atoms in total. The van der Waals surface area contributed by atoms with Crippen molar-refractivity contribution >= 4 is 11.6 Å². The van der Waals surface area contributed by atoms with Gasteiger partial charge in [-0.3, -0.25) is 0 Å². The van der Waals surface area contributed by atoms with Crippen LogP contribution in [0.3, 0.4) is 0 Å². The Kier molecular flexibility index (Phi) is 5.47. The van der Waals surface area contributed by atoms with Crippen molar-refractivity contribution < 1.29 is 9.47 Å². The molecule has 0 saturated heterocycles. The summed E-state index contributed by atoms with van der Waals surface area (Å²) in [5.41, 5.74) is 1.24. The number of hydrogen-bond acceptors (Lipinski definition) is 2. The van der Waals surface area contributed by atoms with Crippen LogP contribution < -0.4 is 9.47 Å². The van der Waals surface area contributed by atoms with Crippen molar-refractivity contribution in [3.05, 3.63) is 23.8 Å². The van der Waals surface area contributed by atoms with E-state index in [2.05, 4.69) is 19.9 Å². The maximum Gasteiger partial charge on any atom is 0.161 e. The zero-order valence-corrected chi connectivity index (χ0v) is 10.9. The molecule has 0 N–H and O–H groups in total. The number of rotatable bonds is 6. The van der Waals surface area contributed by atoms with Crippen molar-refractivity contribution in [3.8, 4) is 11.5 Å². The second-order valence-electron chi connectivity index (χ2n) is 3.91. The predicted octanol–water partition coefficient (Wildman–Crippen LogP) is 3.51. The maximum absolute atomic E-state index is 5.73. The van der Waals surface area contributed by atoms with E-state index in [0.717, 1.165) is 17.9 Å². The van der Waals surface area contributed by atoms with Crippen molar-refractivity contribution in [1.82, 2.24) is 0 Å². The number of benzene rings is 1. The van der Waals surface area contributed by atoms with Gasteiger partial charge in [0.15, 0.2) is 11.5 Å². The quantitative estimate of drug-likeness (QED) is 0.711. The lowest BCUT2D eigenvalue weighted by atomic mass is 10.1. The molecule has 1 atom stereocenters. The second kappa shape index (κ2) is 6.64. The van der Waals surface area contributed by atoms with Gasteiger partial charge in [0.25, 0.3) is 0 Å². The number of ether oxygens (including phenoxy) is 2. The van der Waals surface area contributed by atoms with Crippen molar-refractivity contribution in [3.63, 3.8) is 0 Å². The van der Waals surface area contributed by atoms with Crippen LogP contribution >= 0.6 is 11.6 Å². The third-order valence-electron chi connectivity index (χ3n) is 2.42. The van der Waals surface area contributed by atoms with E-state index in [1.807, 2.05) is 12.1 Å². The first kappa shape index (κ1) is 13.2. The predicted molar refractivity (Wildman–Crippen MR) is 67.8 cm³/mol. The molecule has 16 heavy (non-hydrogen) atoms. The topological polar surface area (TPSA) is 18.5 Å². The Labute approximate surface area is 103 Å². The SMILES string of the molecule is CCc1ccc(OCC(C)CCl)c(OC)c1. The Morgan fingerprint density at radius 1 is 1.31 bits per heavy atom. The summed E-state index contributed by atoms with van der Waals surface area (Å²) in [6, 6.07) is 6.03. The fourth-order valence-corrected chi connectivity index (χ4v) is 1.42. The molecule has 3 heteroatoms. The molecule has 0 aromatic heterocycles. The van der Waals surface area contributed by atoms with Crippen LogP contribution in [0.15, 0.2) is 18.2 Å². The van der Waals surface area contributed by atoms with Gasteiger partial charge in [0.05, 0.1) is 13.7 Å². The van der Waals surface area contributed by atoms with Crippen molar-refractivity contribution in [1.29, 1.82) is 0 Å². The highest BCUT2D eigenvalue weighted by molar-refractivity contribution is 6.18. The minimum atomic E-state index is 0.345. The zero-order valence-electron chi connectivity index (χ0n) is 10.1. The van der Waals surface area contributed by atoms with E-state index in [9.17, 15) is 0 Å². The lowest BCUT2D eigenvalue weighted by molar-refractivity contribution is 0.258. The molecule has 0 aliphatic heterocycles. The van der Waals surface area contributed by atoms with E-state index in [-0.39, 0.29) is 0 Å². The zero-order chi connectivity index (χ0) is 12.0. The van der Waals surface area contributed by atoms with Gasteiger partial charge in [-0.2, -0.15) is 0 Å². The monoisotopic (exact) mass is 242 g/mol. The second-order valence-corrected chi connectivity index (χ2v) is 4.22. The number of alkyl halides is 1. The molecule has 1 aromatic rings. The van der Waals surface area contributed by atoms with Gasteiger partial charge in [-0.05, 0) is 24.1 Å². The smallest absolute Gasteiger partial charge is 0.161 e. The fraction of sp³-hybridized carbons (Fsp3) is 0.538. The Morgan fingerprint density at radius 2 is 2.06 bits per heavy atom. The molecule has 0 spiro atoms. The fourth-order valence-electron chi connectivity index (χ4n) is 1.33. The van der Waals surface area contributed by atoms with Gasteiger partial charge >= 0.3 is 0 Å². The number of hydrogen-bond donors (Lipinski definition) is 0. The lowest BCUT2D eigenvalue weighted by Gasteiger charge is -2.14. The molecule has 1 rings (SSSR count). The van der Waals surface area contributed by atoms with E-state index in [1.165, 1.54) is 5.56 Å². The number of methoxy groups -OCH3 is 1. The van der Waals surface area contributed by atoms with Gasteiger partial charge in [0, 0.05) is 11.8 Å². The molecule has 1 unspecified atom stereocenters. The van der Waals surface area contributed by atoms with Crippen LogP contribution in [0.2, 0.25) is 0 Å². The molecule has 0 radical (unpaired) electrons. The summed E-state index contributed by atoms with van der Waals surface area (Å²) < 4.78 is 11.0. The van der Waals surface area contributed by atoms with Gasteiger partial charge in [0.1, 0.15) is 0 Å². The van der Waals surface area contributed by atoms with Gasteiger partial charge in [-0.1, -0.05) is 19.9 Å². The highest BCUT2D eigenvalue weighted by Gasteiger charge is 2.07. The van der Waals surface area contributed by atoms with E-state index in [0.29, 0.717) is 18.4 Å². The van der Waals surface area contributed by atoms with Crippen LogP contribution in [0.4, 0.5) is 0 Å². The molecule has 90 valence electrons. The first-order valence-electron chi connectivity index (χ1n) is 5.56. The summed E-state index contributed by atoms with van der Waals surface area (Å²) in [5, 5.41) is 0. The van der Waals surface area contributed by atoms with Crippen LogP contribution in [0, 0.1) is 5.92 Å². The Bertz CT molecular complexity index is 326. The average Bonchev–Trinajstić information content (AvgIpc) is 2.35. The van der Waals surface area contributed by atoms with Crippen LogP contribution in [0.5, 0.6) is 11.5 Å².